The monoisotopic (exact) mass is 189 g/mol. The van der Waals surface area contributed by atoms with Gasteiger partial charge in [0.15, 0.2) is 0 Å². The minimum absolute atomic E-state index is 0.263. The van der Waals surface area contributed by atoms with Crippen molar-refractivity contribution in [2.45, 2.75) is 32.4 Å². The van der Waals surface area contributed by atoms with Gasteiger partial charge in [0.2, 0.25) is 0 Å². The van der Waals surface area contributed by atoms with Gasteiger partial charge in [-0.05, 0) is 18.1 Å². The molecule has 0 aliphatic carbocycles. The Morgan fingerprint density at radius 1 is 1.58 bits per heavy atom. The second-order valence-electron chi connectivity index (χ2n) is 3.76. The van der Waals surface area contributed by atoms with Gasteiger partial charge in [-0.15, -0.1) is 0 Å². The number of hydrogen-bond acceptors (Lipinski definition) is 3. The Balaban J connectivity index is 2.26. The average Bonchev–Trinajstić information content (AvgIpc) is 2.51. The maximum atomic E-state index is 9.09. The van der Waals surface area contributed by atoms with Crippen LogP contribution in [0, 0.1) is 5.92 Å². The molecule has 0 spiro atoms. The quantitative estimate of drug-likeness (QED) is 0.694. The van der Waals surface area contributed by atoms with Gasteiger partial charge in [-0.3, -0.25) is 0 Å². The van der Waals surface area contributed by atoms with Crippen molar-refractivity contribution in [2.24, 2.45) is 5.92 Å². The number of thioether (sulfide) groups is 1. The predicted octanol–water partition coefficient (Wildman–Crippen LogP) is 1.10. The molecule has 0 saturated carbocycles. The fourth-order valence-corrected chi connectivity index (χ4v) is 2.59. The molecule has 1 unspecified atom stereocenters. The summed E-state index contributed by atoms with van der Waals surface area (Å²) in [6.45, 7) is 4.56. The van der Waals surface area contributed by atoms with E-state index in [9.17, 15) is 0 Å². The zero-order valence-corrected chi connectivity index (χ0v) is 8.73. The Hall–Kier alpha value is 0.270. The first-order valence-corrected chi connectivity index (χ1v) is 5.84. The molecule has 2 nitrogen and oxygen atoms in total. The fourth-order valence-electron chi connectivity index (χ4n) is 1.42. The van der Waals surface area contributed by atoms with Crippen LogP contribution < -0.4 is 5.32 Å². The predicted molar refractivity (Wildman–Crippen MR) is 54.6 cm³/mol. The molecule has 2 N–H and O–H groups in total. The van der Waals surface area contributed by atoms with Crippen LogP contribution in [0.1, 0.15) is 20.3 Å². The van der Waals surface area contributed by atoms with Crippen LogP contribution in [0.5, 0.6) is 0 Å². The summed E-state index contributed by atoms with van der Waals surface area (Å²) in [5, 5.41) is 12.6. The number of nitrogens with one attached hydrogen (secondary N) is 1. The topological polar surface area (TPSA) is 32.3 Å². The van der Waals surface area contributed by atoms with Crippen LogP contribution in [-0.4, -0.2) is 35.3 Å². The molecule has 0 radical (unpaired) electrons. The Labute approximate surface area is 79.1 Å². The van der Waals surface area contributed by atoms with E-state index in [1.807, 2.05) is 11.8 Å². The summed E-state index contributed by atoms with van der Waals surface area (Å²) in [6.07, 6.45) is 1.26. The number of hydrogen-bond donors (Lipinski definition) is 2. The Morgan fingerprint density at radius 2 is 2.33 bits per heavy atom. The summed E-state index contributed by atoms with van der Waals surface area (Å²) in [5.41, 5.74) is 0. The average molecular weight is 189 g/mol. The lowest BCUT2D eigenvalue weighted by molar-refractivity contribution is 0.202. The van der Waals surface area contributed by atoms with Crippen LogP contribution in [0.4, 0.5) is 0 Å². The third kappa shape index (κ3) is 2.96. The molecule has 1 fully saturated rings. The highest BCUT2D eigenvalue weighted by molar-refractivity contribution is 7.99. The zero-order chi connectivity index (χ0) is 8.97. The summed E-state index contributed by atoms with van der Waals surface area (Å²) >= 11 is 2.00. The van der Waals surface area contributed by atoms with E-state index in [1.54, 1.807) is 0 Å². The normalized spacial score (nSPS) is 26.5. The molecule has 0 aromatic heterocycles. The van der Waals surface area contributed by atoms with Crippen LogP contribution in [0.25, 0.3) is 0 Å². The van der Waals surface area contributed by atoms with Gasteiger partial charge < -0.3 is 10.4 Å². The van der Waals surface area contributed by atoms with Crippen molar-refractivity contribution >= 4 is 11.8 Å². The largest absolute Gasteiger partial charge is 0.395 e. The molecule has 0 aromatic rings. The lowest BCUT2D eigenvalue weighted by Gasteiger charge is -2.23. The molecular weight excluding hydrogens is 170 g/mol. The minimum atomic E-state index is 0.263. The summed E-state index contributed by atoms with van der Waals surface area (Å²) in [7, 11) is 0. The molecule has 72 valence electrons. The van der Waals surface area contributed by atoms with E-state index >= 15 is 0 Å². The van der Waals surface area contributed by atoms with Crippen LogP contribution in [0.3, 0.4) is 0 Å². The van der Waals surface area contributed by atoms with Gasteiger partial charge in [0.25, 0.3) is 0 Å². The van der Waals surface area contributed by atoms with Gasteiger partial charge in [0.05, 0.1) is 6.61 Å². The molecule has 1 aliphatic rings. The van der Waals surface area contributed by atoms with Crippen LogP contribution in [0.15, 0.2) is 0 Å². The van der Waals surface area contributed by atoms with E-state index in [4.69, 9.17) is 5.11 Å². The van der Waals surface area contributed by atoms with Gasteiger partial charge in [-0.25, -0.2) is 0 Å². The maximum absolute atomic E-state index is 9.09. The molecular formula is C9H19NOS. The van der Waals surface area contributed by atoms with E-state index in [2.05, 4.69) is 19.2 Å². The van der Waals surface area contributed by atoms with Crippen molar-refractivity contribution in [3.63, 3.8) is 0 Å². The standard InChI is InChI=1S/C9H19NOS/c1-7(2)9(5-11)10-8-3-4-12-6-8/h7-11H,3-6H2,1-2H3/t8?,9-/m1/s1. The second-order valence-corrected chi connectivity index (χ2v) is 4.91. The Kier molecular flexibility index (Phi) is 4.40. The molecule has 3 heteroatoms. The minimum Gasteiger partial charge on any atom is -0.395 e. The third-order valence-electron chi connectivity index (χ3n) is 2.38. The maximum Gasteiger partial charge on any atom is 0.0587 e. The van der Waals surface area contributed by atoms with Gasteiger partial charge in [-0.2, -0.15) is 11.8 Å². The molecule has 0 bridgehead atoms. The van der Waals surface area contributed by atoms with Crippen molar-refractivity contribution in [2.75, 3.05) is 18.1 Å². The van der Waals surface area contributed by atoms with Crippen molar-refractivity contribution in [3.8, 4) is 0 Å². The number of aliphatic hydroxyl groups excluding tert-OH is 1. The van der Waals surface area contributed by atoms with Gasteiger partial charge in [0.1, 0.15) is 0 Å². The Bertz CT molecular complexity index is 124. The summed E-state index contributed by atoms with van der Waals surface area (Å²) in [5.74, 6) is 3.01. The Morgan fingerprint density at radius 3 is 2.75 bits per heavy atom. The summed E-state index contributed by atoms with van der Waals surface area (Å²) in [4.78, 5) is 0. The van der Waals surface area contributed by atoms with E-state index in [1.165, 1.54) is 17.9 Å². The first-order chi connectivity index (χ1) is 5.74. The molecule has 1 heterocycles. The van der Waals surface area contributed by atoms with Crippen molar-refractivity contribution in [1.82, 2.24) is 5.32 Å². The smallest absolute Gasteiger partial charge is 0.0587 e. The highest BCUT2D eigenvalue weighted by atomic mass is 32.2. The van der Waals surface area contributed by atoms with Crippen molar-refractivity contribution in [1.29, 1.82) is 0 Å². The van der Waals surface area contributed by atoms with Crippen LogP contribution >= 0.6 is 11.8 Å². The lowest BCUT2D eigenvalue weighted by atomic mass is 10.0. The zero-order valence-electron chi connectivity index (χ0n) is 7.92. The molecule has 1 rings (SSSR count). The number of aliphatic hydroxyl groups is 1. The first kappa shape index (κ1) is 10.4. The van der Waals surface area contributed by atoms with Crippen LogP contribution in [0.2, 0.25) is 0 Å². The van der Waals surface area contributed by atoms with E-state index in [-0.39, 0.29) is 12.6 Å². The molecule has 12 heavy (non-hydrogen) atoms. The first-order valence-electron chi connectivity index (χ1n) is 4.68. The van der Waals surface area contributed by atoms with Gasteiger partial charge in [0, 0.05) is 17.8 Å². The fraction of sp³-hybridized carbons (Fsp3) is 1.00. The molecule has 1 aliphatic heterocycles. The van der Waals surface area contributed by atoms with E-state index < -0.39 is 0 Å². The molecule has 1 saturated heterocycles. The van der Waals surface area contributed by atoms with Crippen molar-refractivity contribution in [3.05, 3.63) is 0 Å². The lowest BCUT2D eigenvalue weighted by Crippen LogP contribution is -2.43. The molecule has 0 amide bonds. The SMILES string of the molecule is CC(C)[C@@H](CO)NC1CCSC1. The van der Waals surface area contributed by atoms with Gasteiger partial charge in [-0.1, -0.05) is 13.8 Å². The third-order valence-corrected chi connectivity index (χ3v) is 3.54. The molecule has 0 aromatic carbocycles. The summed E-state index contributed by atoms with van der Waals surface area (Å²) in [6, 6.07) is 0.920. The van der Waals surface area contributed by atoms with E-state index in [0.29, 0.717) is 12.0 Å². The highest BCUT2D eigenvalue weighted by Crippen LogP contribution is 2.18. The number of rotatable bonds is 4. The van der Waals surface area contributed by atoms with Crippen LogP contribution in [-0.2, 0) is 0 Å². The van der Waals surface area contributed by atoms with Crippen molar-refractivity contribution < 1.29 is 5.11 Å². The summed E-state index contributed by atoms with van der Waals surface area (Å²) < 4.78 is 0. The molecule has 2 atom stereocenters. The van der Waals surface area contributed by atoms with Gasteiger partial charge >= 0.3 is 0 Å². The highest BCUT2D eigenvalue weighted by Gasteiger charge is 2.20. The van der Waals surface area contributed by atoms with E-state index in [0.717, 1.165) is 0 Å². The second kappa shape index (κ2) is 5.10.